The Kier molecular flexibility index (Phi) is 9.42. The Morgan fingerprint density at radius 3 is 2.56 bits per heavy atom. The van der Waals surface area contributed by atoms with E-state index in [1.807, 2.05) is 4.90 Å². The largest absolute Gasteiger partial charge is 0.383 e. The van der Waals surface area contributed by atoms with Gasteiger partial charge in [0.05, 0.1) is 11.9 Å². The summed E-state index contributed by atoms with van der Waals surface area (Å²) in [5.41, 5.74) is 0.453. The number of rotatable bonds is 9. The maximum absolute atomic E-state index is 14.3. The van der Waals surface area contributed by atoms with Crippen molar-refractivity contribution in [2.45, 2.75) is 69.4 Å². The number of halogens is 4. The van der Waals surface area contributed by atoms with Crippen molar-refractivity contribution in [1.29, 1.82) is 0 Å². The Labute approximate surface area is 316 Å². The van der Waals surface area contributed by atoms with Crippen LogP contribution in [-0.4, -0.2) is 88.0 Å². The Morgan fingerprint density at radius 2 is 1.89 bits per heavy atom. The Morgan fingerprint density at radius 1 is 1.09 bits per heavy atom. The lowest BCUT2D eigenvalue weighted by molar-refractivity contribution is -0.0492. The van der Waals surface area contributed by atoms with Crippen molar-refractivity contribution in [3.8, 4) is 5.82 Å². The number of amidine groups is 1. The van der Waals surface area contributed by atoms with Gasteiger partial charge in [-0.3, -0.25) is 4.99 Å². The summed E-state index contributed by atoms with van der Waals surface area (Å²) in [6.45, 7) is 0.678. The van der Waals surface area contributed by atoms with Crippen LogP contribution in [0.4, 0.5) is 13.2 Å². The van der Waals surface area contributed by atoms with E-state index in [0.29, 0.717) is 43.9 Å². The molecule has 0 saturated carbocycles. The predicted octanol–water partition coefficient (Wildman–Crippen LogP) is 5.09. The molecule has 3 aliphatic rings. The zero-order valence-electron chi connectivity index (χ0n) is 28.7. The van der Waals surface area contributed by atoms with Crippen molar-refractivity contribution in [2.24, 2.45) is 4.99 Å². The number of nitrogens with zero attached hydrogens (tertiary/aromatic N) is 10. The third-order valence-electron chi connectivity index (χ3n) is 9.81. The van der Waals surface area contributed by atoms with Gasteiger partial charge in [-0.25, -0.2) is 23.7 Å². The third kappa shape index (κ3) is 6.62. The van der Waals surface area contributed by atoms with Gasteiger partial charge in [0.1, 0.15) is 23.2 Å². The number of fused-ring (bicyclic) bond motifs is 1. The number of hydrogen-bond donors (Lipinski definition) is 2. The molecule has 2 saturated heterocycles. The minimum atomic E-state index is -4.18. The second-order valence-corrected chi connectivity index (χ2v) is 16.4. The molecule has 2 fully saturated rings. The fraction of sp³-hybridized carbons (Fsp3) is 0.353. The second kappa shape index (κ2) is 14.0. The summed E-state index contributed by atoms with van der Waals surface area (Å²) in [6.07, 6.45) is 6.22. The molecule has 14 nitrogen and oxygen atoms in total. The van der Waals surface area contributed by atoms with Gasteiger partial charge in [-0.05, 0) is 57.0 Å². The zero-order chi connectivity index (χ0) is 37.9. The summed E-state index contributed by atoms with van der Waals surface area (Å²) >= 11 is 7.89. The molecule has 0 amide bonds. The van der Waals surface area contributed by atoms with Crippen LogP contribution in [0.15, 0.2) is 83.3 Å². The summed E-state index contributed by atoms with van der Waals surface area (Å²) in [5.74, 6) is 0.383. The number of aliphatic imine (C=N–C) groups is 1. The summed E-state index contributed by atoms with van der Waals surface area (Å²) in [6, 6.07) is 7.73. The molecular formula is C34H33ClF3N11O3S2. The zero-order valence-corrected chi connectivity index (χ0v) is 31.1. The van der Waals surface area contributed by atoms with E-state index in [1.54, 1.807) is 56.0 Å². The van der Waals surface area contributed by atoms with E-state index in [9.17, 15) is 26.7 Å². The average Bonchev–Trinajstić information content (AvgIpc) is 3.95. The number of pyridine rings is 1. The van der Waals surface area contributed by atoms with Crippen molar-refractivity contribution in [3.05, 3.63) is 111 Å². The van der Waals surface area contributed by atoms with E-state index in [1.165, 1.54) is 38.5 Å². The molecule has 8 rings (SSSR count). The van der Waals surface area contributed by atoms with Crippen LogP contribution in [-0.2, 0) is 15.8 Å². The number of aliphatic hydroxyl groups is 1. The molecule has 7 heterocycles. The molecule has 5 atom stereocenters. The molecule has 1 aromatic carbocycles. The molecule has 282 valence electrons. The molecule has 2 N–H and O–H groups in total. The van der Waals surface area contributed by atoms with Crippen molar-refractivity contribution in [2.75, 3.05) is 6.54 Å². The lowest BCUT2D eigenvalue weighted by Gasteiger charge is -2.45. The monoisotopic (exact) mass is 799 g/mol. The van der Waals surface area contributed by atoms with Crippen molar-refractivity contribution in [3.63, 3.8) is 0 Å². The molecule has 3 aliphatic heterocycles. The van der Waals surface area contributed by atoms with Gasteiger partial charge in [0, 0.05) is 76.9 Å². The Balaban J connectivity index is 1.11. The second-order valence-electron chi connectivity index (χ2n) is 13.5. The van der Waals surface area contributed by atoms with Crippen LogP contribution in [0.1, 0.15) is 67.7 Å². The maximum atomic E-state index is 14.3. The highest BCUT2D eigenvalue weighted by molar-refractivity contribution is 7.87. The smallest absolute Gasteiger partial charge is 0.333 e. The van der Waals surface area contributed by atoms with E-state index < -0.39 is 52.3 Å². The molecule has 0 radical (unpaired) electrons. The van der Waals surface area contributed by atoms with Crippen LogP contribution in [0.3, 0.4) is 0 Å². The lowest BCUT2D eigenvalue weighted by Crippen LogP contribution is -2.59. The highest BCUT2D eigenvalue weighted by atomic mass is 35.5. The predicted molar refractivity (Wildman–Crippen MR) is 193 cm³/mol. The fourth-order valence-electron chi connectivity index (χ4n) is 7.74. The first-order valence-electron chi connectivity index (χ1n) is 17.0. The molecule has 4 aromatic heterocycles. The summed E-state index contributed by atoms with van der Waals surface area (Å²) in [7, 11) is -4.18. The van der Waals surface area contributed by atoms with Gasteiger partial charge in [0.2, 0.25) is 0 Å². The number of aromatic nitrogens is 7. The van der Waals surface area contributed by atoms with E-state index in [2.05, 4.69) is 30.1 Å². The minimum absolute atomic E-state index is 0.0546. The van der Waals surface area contributed by atoms with E-state index in [0.717, 1.165) is 12.3 Å². The molecule has 0 bridgehead atoms. The van der Waals surface area contributed by atoms with Crippen molar-refractivity contribution in [1.82, 2.24) is 48.7 Å². The Bertz CT molecular complexity index is 2340. The SMILES string of the molecule is C[C@@H]1CC(O)(c2cn(-c3ccccn3)nn2)C[C@H](C)N1S(=O)(=O)N[C@H]1CC2=C(c3ccn(C(F)F)n3)[C@H](c3ccc(F)cc3Cl)N=C(c3nccs3)N2C1. The minimum Gasteiger partial charge on any atom is -0.383 e. The van der Waals surface area contributed by atoms with Crippen molar-refractivity contribution < 1.29 is 26.7 Å². The maximum Gasteiger partial charge on any atom is 0.333 e. The quantitative estimate of drug-likeness (QED) is 0.207. The average molecular weight is 800 g/mol. The molecule has 54 heavy (non-hydrogen) atoms. The Hall–Kier alpha value is -4.53. The highest BCUT2D eigenvalue weighted by Crippen LogP contribution is 2.47. The van der Waals surface area contributed by atoms with E-state index in [4.69, 9.17) is 16.6 Å². The summed E-state index contributed by atoms with van der Waals surface area (Å²) in [4.78, 5) is 15.6. The third-order valence-corrected chi connectivity index (χ3v) is 12.8. The fourth-order valence-corrected chi connectivity index (χ4v) is 10.4. The van der Waals surface area contributed by atoms with Gasteiger partial charge < -0.3 is 10.0 Å². The standard InChI is InChI=1S/C34H33ClF3N11O3S2/c1-19-15-34(50,27-18-48(45-42-27)28-5-3-4-9-39-28)16-20(2)49(19)54(51,52)44-22-14-26-29(25-8-11-47(43-25)33(37)38)30(23-7-6-21(36)13-24(23)35)41-31(46(26)17-22)32-40-10-12-53-32/h3-13,18-20,22,30,33,44,50H,14-17H2,1-2H3/t19-,20+,22-,30-,34?/m0/s1. The van der Waals surface area contributed by atoms with Gasteiger partial charge in [-0.1, -0.05) is 28.9 Å². The van der Waals surface area contributed by atoms with Crippen LogP contribution in [0, 0.1) is 5.82 Å². The molecule has 0 aliphatic carbocycles. The van der Waals surface area contributed by atoms with E-state index >= 15 is 0 Å². The molecule has 1 unspecified atom stereocenters. The van der Waals surface area contributed by atoms with Gasteiger partial charge in [0.15, 0.2) is 16.7 Å². The number of piperidine rings is 1. The summed E-state index contributed by atoms with van der Waals surface area (Å²) in [5, 5.41) is 26.7. The molecular weight excluding hydrogens is 767 g/mol. The van der Waals surface area contributed by atoms with Crippen LogP contribution in [0.25, 0.3) is 11.4 Å². The van der Waals surface area contributed by atoms with Gasteiger partial charge in [-0.2, -0.15) is 31.3 Å². The van der Waals surface area contributed by atoms with Crippen LogP contribution >= 0.6 is 22.9 Å². The number of hydrogen-bond acceptors (Lipinski definition) is 11. The van der Waals surface area contributed by atoms with Gasteiger partial charge in [0.25, 0.3) is 10.2 Å². The first kappa shape index (κ1) is 36.4. The topological polar surface area (TPSA) is 160 Å². The van der Waals surface area contributed by atoms with Crippen molar-refractivity contribution >= 4 is 44.6 Å². The van der Waals surface area contributed by atoms with Gasteiger partial charge in [-0.15, -0.1) is 16.4 Å². The molecule has 0 spiro atoms. The molecule has 20 heteroatoms. The van der Waals surface area contributed by atoms with Crippen LogP contribution in [0.2, 0.25) is 5.02 Å². The number of nitrogens with one attached hydrogen (secondary N) is 1. The molecule has 5 aromatic rings. The summed E-state index contributed by atoms with van der Waals surface area (Å²) < 4.78 is 76.5. The highest BCUT2D eigenvalue weighted by Gasteiger charge is 2.49. The number of benzene rings is 1. The number of alkyl halides is 2. The normalized spacial score (nSPS) is 25.0. The van der Waals surface area contributed by atoms with Gasteiger partial charge >= 0.3 is 6.55 Å². The van der Waals surface area contributed by atoms with Crippen LogP contribution in [0.5, 0.6) is 0 Å². The van der Waals surface area contributed by atoms with E-state index in [-0.39, 0.29) is 36.5 Å². The lowest BCUT2D eigenvalue weighted by atomic mass is 9.82. The number of thiazole rings is 1. The van der Waals surface area contributed by atoms with Crippen LogP contribution < -0.4 is 4.72 Å². The first-order chi connectivity index (χ1) is 25.8. The first-order valence-corrected chi connectivity index (χ1v) is 19.7.